The molecule has 3 aromatic rings. The van der Waals surface area contributed by atoms with Crippen LogP contribution in [0.3, 0.4) is 0 Å². The first-order valence-electron chi connectivity index (χ1n) is 8.41. The number of benzene rings is 2. The van der Waals surface area contributed by atoms with E-state index in [1.165, 1.54) is 0 Å². The number of nitrogens with one attached hydrogen (secondary N) is 1. The number of carbonyl (C=O) groups is 1. The van der Waals surface area contributed by atoms with Gasteiger partial charge in [-0.15, -0.1) is 12.4 Å². The molecular formula is C20H21ClN4O3. The predicted molar refractivity (Wildman–Crippen MR) is 111 cm³/mol. The van der Waals surface area contributed by atoms with E-state index in [0.717, 1.165) is 16.8 Å². The lowest BCUT2D eigenvalue weighted by molar-refractivity contribution is -0.136. The van der Waals surface area contributed by atoms with Gasteiger partial charge in [-0.05, 0) is 29.7 Å². The monoisotopic (exact) mass is 400 g/mol. The van der Waals surface area contributed by atoms with Crippen molar-refractivity contribution in [1.29, 1.82) is 5.41 Å². The number of nitrogens with zero attached hydrogens (tertiary/aromatic N) is 2. The van der Waals surface area contributed by atoms with Gasteiger partial charge in [-0.2, -0.15) is 0 Å². The number of hydrogen-bond donors (Lipinski definition) is 3. The molecule has 0 saturated heterocycles. The molecule has 0 spiro atoms. The minimum atomic E-state index is -0.834. The first-order chi connectivity index (χ1) is 12.9. The maximum absolute atomic E-state index is 12.6. The summed E-state index contributed by atoms with van der Waals surface area (Å²) in [5.74, 6) is -0.838. The molecule has 0 atom stereocenters. The van der Waals surface area contributed by atoms with Crippen LogP contribution >= 0.6 is 12.4 Å². The molecule has 0 amide bonds. The quantitative estimate of drug-likeness (QED) is 0.435. The van der Waals surface area contributed by atoms with Gasteiger partial charge in [0.25, 0.3) is 0 Å². The lowest BCUT2D eigenvalue weighted by Crippen LogP contribution is -2.21. The van der Waals surface area contributed by atoms with Crippen molar-refractivity contribution in [2.75, 3.05) is 0 Å². The van der Waals surface area contributed by atoms with E-state index in [4.69, 9.17) is 16.2 Å². The normalized spacial score (nSPS) is 10.3. The van der Waals surface area contributed by atoms with Gasteiger partial charge in [-0.3, -0.25) is 19.3 Å². The van der Waals surface area contributed by atoms with Crippen LogP contribution < -0.4 is 11.4 Å². The Kier molecular flexibility index (Phi) is 6.43. The summed E-state index contributed by atoms with van der Waals surface area (Å²) in [7, 11) is 1.70. The molecule has 4 N–H and O–H groups in total. The summed E-state index contributed by atoms with van der Waals surface area (Å²) in [6, 6.07) is 14.4. The zero-order valence-electron chi connectivity index (χ0n) is 15.3. The number of aromatic nitrogens is 2. The predicted octanol–water partition coefficient (Wildman–Crippen LogP) is 2.57. The highest BCUT2D eigenvalue weighted by atomic mass is 35.5. The molecule has 1 aromatic heterocycles. The number of aryl methyl sites for hydroxylation is 1. The van der Waals surface area contributed by atoms with E-state index < -0.39 is 5.97 Å². The van der Waals surface area contributed by atoms with Gasteiger partial charge in [0.15, 0.2) is 0 Å². The van der Waals surface area contributed by atoms with Crippen LogP contribution in [0.4, 0.5) is 0 Å². The van der Waals surface area contributed by atoms with E-state index in [9.17, 15) is 9.59 Å². The van der Waals surface area contributed by atoms with Gasteiger partial charge < -0.3 is 10.8 Å². The largest absolute Gasteiger partial charge is 0.481 e. The second-order valence-electron chi connectivity index (χ2n) is 6.28. The highest BCUT2D eigenvalue weighted by molar-refractivity contribution is 5.95. The number of amidine groups is 1. The molecule has 146 valence electrons. The molecule has 0 aliphatic carbocycles. The number of nitrogen functional groups attached to an aromatic ring is 1. The van der Waals surface area contributed by atoms with Crippen LogP contribution in [-0.4, -0.2) is 26.0 Å². The molecule has 2 aromatic carbocycles. The second-order valence-corrected chi connectivity index (χ2v) is 6.28. The number of carboxylic acid groups (broad SMARTS) is 1. The van der Waals surface area contributed by atoms with Crippen LogP contribution in [0, 0.1) is 5.41 Å². The fraction of sp³-hybridized carbons (Fsp3) is 0.150. The Morgan fingerprint density at radius 2 is 1.71 bits per heavy atom. The first kappa shape index (κ1) is 21.0. The smallest absolute Gasteiger partial charge is 0.332 e. The van der Waals surface area contributed by atoms with Crippen LogP contribution in [-0.2, 0) is 18.3 Å². The zero-order chi connectivity index (χ0) is 19.6. The Morgan fingerprint density at radius 1 is 1.11 bits per heavy atom. The van der Waals surface area contributed by atoms with Gasteiger partial charge in [0.2, 0.25) is 0 Å². The number of hydrogen-bond acceptors (Lipinski definition) is 3. The maximum atomic E-state index is 12.6. The third-order valence-corrected chi connectivity index (χ3v) is 4.44. The fourth-order valence-corrected chi connectivity index (χ4v) is 2.88. The van der Waals surface area contributed by atoms with E-state index in [2.05, 4.69) is 0 Å². The fourth-order valence-electron chi connectivity index (χ4n) is 2.88. The lowest BCUT2D eigenvalue weighted by atomic mass is 10.1. The van der Waals surface area contributed by atoms with Gasteiger partial charge in [-0.25, -0.2) is 4.79 Å². The maximum Gasteiger partial charge on any atom is 0.332 e. The standard InChI is InChI=1S/C20H20N4O3.ClH/c1-23-17(14-5-7-15(8-6-14)19(21)22)12-24(20(23)27)16-9-2-13(3-10-16)4-11-18(25)26;/h2-3,5-10,12H,4,11H2,1H3,(H3,21,22)(H,25,26);1H. The third-order valence-electron chi connectivity index (χ3n) is 4.44. The van der Waals surface area contributed by atoms with Gasteiger partial charge in [-0.1, -0.05) is 36.4 Å². The summed E-state index contributed by atoms with van der Waals surface area (Å²) in [5, 5.41) is 16.2. The minimum Gasteiger partial charge on any atom is -0.481 e. The van der Waals surface area contributed by atoms with Gasteiger partial charge >= 0.3 is 11.7 Å². The van der Waals surface area contributed by atoms with Gasteiger partial charge in [0.1, 0.15) is 5.84 Å². The van der Waals surface area contributed by atoms with Crippen LogP contribution in [0.25, 0.3) is 16.9 Å². The summed E-state index contributed by atoms with van der Waals surface area (Å²) >= 11 is 0. The SMILES string of the molecule is Cl.Cn1c(-c2ccc(C(=N)N)cc2)cn(-c2ccc(CCC(=O)O)cc2)c1=O. The molecule has 28 heavy (non-hydrogen) atoms. The minimum absolute atomic E-state index is 0. The third kappa shape index (κ3) is 4.32. The molecule has 8 heteroatoms. The van der Waals surface area contributed by atoms with Crippen molar-refractivity contribution in [3.8, 4) is 16.9 Å². The molecule has 0 bridgehead atoms. The van der Waals surface area contributed by atoms with Crippen molar-refractivity contribution in [1.82, 2.24) is 9.13 Å². The molecule has 7 nitrogen and oxygen atoms in total. The van der Waals surface area contributed by atoms with Crippen molar-refractivity contribution in [3.63, 3.8) is 0 Å². The molecule has 0 unspecified atom stereocenters. The van der Waals surface area contributed by atoms with E-state index in [1.54, 1.807) is 46.6 Å². The van der Waals surface area contributed by atoms with Gasteiger partial charge in [0.05, 0.1) is 11.4 Å². The molecule has 0 aliphatic heterocycles. The van der Waals surface area contributed by atoms with Crippen LogP contribution in [0.2, 0.25) is 0 Å². The Hall–Kier alpha value is -3.32. The Bertz CT molecular complexity index is 1050. The highest BCUT2D eigenvalue weighted by Gasteiger charge is 2.12. The van der Waals surface area contributed by atoms with Crippen molar-refractivity contribution >= 4 is 24.2 Å². The van der Waals surface area contributed by atoms with E-state index in [-0.39, 0.29) is 30.4 Å². The summed E-state index contributed by atoms with van der Waals surface area (Å²) < 4.78 is 3.11. The second kappa shape index (κ2) is 8.58. The van der Waals surface area contributed by atoms with Crippen molar-refractivity contribution < 1.29 is 9.90 Å². The molecule has 3 rings (SSSR count). The molecule has 0 saturated carbocycles. The number of nitrogens with two attached hydrogens (primary N) is 1. The number of aliphatic carboxylic acids is 1. The molecule has 0 aliphatic rings. The van der Waals surface area contributed by atoms with E-state index in [0.29, 0.717) is 17.7 Å². The number of carboxylic acids is 1. The number of imidazole rings is 1. The van der Waals surface area contributed by atoms with Crippen LogP contribution in [0.5, 0.6) is 0 Å². The van der Waals surface area contributed by atoms with Crippen molar-refractivity contribution in [2.24, 2.45) is 12.8 Å². The van der Waals surface area contributed by atoms with Gasteiger partial charge in [0, 0.05) is 25.2 Å². The average Bonchev–Trinajstić information content (AvgIpc) is 2.96. The Labute approximate surface area is 168 Å². The van der Waals surface area contributed by atoms with E-state index in [1.807, 2.05) is 24.3 Å². The van der Waals surface area contributed by atoms with E-state index >= 15 is 0 Å². The number of rotatable bonds is 6. The molecule has 0 fully saturated rings. The van der Waals surface area contributed by atoms with Crippen molar-refractivity contribution in [2.45, 2.75) is 12.8 Å². The summed E-state index contributed by atoms with van der Waals surface area (Å²) in [6.45, 7) is 0. The first-order valence-corrected chi connectivity index (χ1v) is 8.41. The molecule has 0 radical (unpaired) electrons. The zero-order valence-corrected chi connectivity index (χ0v) is 16.1. The van der Waals surface area contributed by atoms with Crippen molar-refractivity contribution in [3.05, 3.63) is 76.3 Å². The Morgan fingerprint density at radius 3 is 2.25 bits per heavy atom. The summed E-state index contributed by atoms with van der Waals surface area (Å²) in [4.78, 5) is 23.3. The highest BCUT2D eigenvalue weighted by Crippen LogP contribution is 2.20. The lowest BCUT2D eigenvalue weighted by Gasteiger charge is -2.03. The van der Waals surface area contributed by atoms with Crippen LogP contribution in [0.1, 0.15) is 17.5 Å². The molecular weight excluding hydrogens is 380 g/mol. The summed E-state index contributed by atoms with van der Waals surface area (Å²) in [5.41, 5.74) is 9.12. The number of halogens is 1. The Balaban J connectivity index is 0.00000280. The summed E-state index contributed by atoms with van der Waals surface area (Å²) in [6.07, 6.45) is 2.29. The van der Waals surface area contributed by atoms with Crippen LogP contribution in [0.15, 0.2) is 59.5 Å². The molecule has 1 heterocycles. The average molecular weight is 401 g/mol. The topological polar surface area (TPSA) is 114 Å².